The third kappa shape index (κ3) is 4.42. The average Bonchev–Trinajstić information content (AvgIpc) is 3.11. The number of hydrogen-bond donors (Lipinski definition) is 2. The molecular formula is C19H30N4O2. The maximum absolute atomic E-state index is 12.7. The molecule has 25 heavy (non-hydrogen) atoms. The van der Waals surface area contributed by atoms with Crippen LogP contribution in [0, 0.1) is 11.8 Å². The number of nitrogens with zero attached hydrogens (tertiary/aromatic N) is 2. The van der Waals surface area contributed by atoms with Crippen molar-refractivity contribution in [2.24, 2.45) is 11.8 Å². The van der Waals surface area contributed by atoms with Gasteiger partial charge in [0.05, 0.1) is 6.04 Å². The van der Waals surface area contributed by atoms with Crippen molar-refractivity contribution >= 4 is 6.03 Å². The smallest absolute Gasteiger partial charge is 0.315 e. The summed E-state index contributed by atoms with van der Waals surface area (Å²) in [7, 11) is 0. The lowest BCUT2D eigenvalue weighted by Gasteiger charge is -2.32. The molecule has 1 saturated heterocycles. The maximum atomic E-state index is 12.7. The number of hydrogen-bond acceptors (Lipinski definition) is 3. The molecule has 1 aromatic rings. The van der Waals surface area contributed by atoms with E-state index in [4.69, 9.17) is 4.74 Å². The Kier molecular flexibility index (Phi) is 6.13. The maximum Gasteiger partial charge on any atom is 0.315 e. The highest BCUT2D eigenvalue weighted by Gasteiger charge is 2.31. The minimum Gasteiger partial charge on any atom is -0.381 e. The van der Waals surface area contributed by atoms with Gasteiger partial charge in [0.15, 0.2) is 0 Å². The van der Waals surface area contributed by atoms with Crippen LogP contribution in [-0.2, 0) is 11.3 Å². The minimum atomic E-state index is -0.0886. The Balaban J connectivity index is 1.70. The zero-order valence-electron chi connectivity index (χ0n) is 15.3. The van der Waals surface area contributed by atoms with Gasteiger partial charge >= 0.3 is 6.03 Å². The van der Waals surface area contributed by atoms with E-state index in [0.29, 0.717) is 11.8 Å². The quantitative estimate of drug-likeness (QED) is 0.805. The third-order valence-corrected chi connectivity index (χ3v) is 5.46. The molecule has 6 nitrogen and oxygen atoms in total. The van der Waals surface area contributed by atoms with Crippen LogP contribution in [0.15, 0.2) is 24.5 Å². The van der Waals surface area contributed by atoms with Crippen molar-refractivity contribution in [3.05, 3.63) is 30.4 Å². The fraction of sp³-hybridized carbons (Fsp3) is 0.684. The largest absolute Gasteiger partial charge is 0.381 e. The summed E-state index contributed by atoms with van der Waals surface area (Å²) in [5.74, 6) is 1.77. The first-order chi connectivity index (χ1) is 12.2. The summed E-state index contributed by atoms with van der Waals surface area (Å²) in [4.78, 5) is 17.2. The number of ether oxygens (including phenoxy) is 1. The second-order valence-corrected chi connectivity index (χ2v) is 7.14. The van der Waals surface area contributed by atoms with Crippen LogP contribution in [-0.4, -0.2) is 34.8 Å². The fourth-order valence-corrected chi connectivity index (χ4v) is 3.81. The molecule has 2 N–H and O–H groups in total. The second kappa shape index (κ2) is 8.52. The van der Waals surface area contributed by atoms with Crippen molar-refractivity contribution in [2.45, 2.75) is 58.2 Å². The van der Waals surface area contributed by atoms with E-state index in [2.05, 4.69) is 46.2 Å². The van der Waals surface area contributed by atoms with Crippen molar-refractivity contribution in [3.8, 4) is 0 Å². The lowest BCUT2D eigenvalue weighted by atomic mass is 9.90. The van der Waals surface area contributed by atoms with E-state index in [1.807, 2.05) is 12.4 Å². The molecule has 0 spiro atoms. The number of aryl methyl sites for hydroxylation is 1. The van der Waals surface area contributed by atoms with Crippen LogP contribution >= 0.6 is 0 Å². The van der Waals surface area contributed by atoms with Gasteiger partial charge in [0, 0.05) is 38.2 Å². The summed E-state index contributed by atoms with van der Waals surface area (Å²) in [5, 5.41) is 6.39. The molecule has 1 aliphatic heterocycles. The molecule has 2 heterocycles. The second-order valence-electron chi connectivity index (χ2n) is 7.14. The molecule has 2 aliphatic rings. The van der Waals surface area contributed by atoms with Crippen molar-refractivity contribution in [1.29, 1.82) is 0 Å². The normalized spacial score (nSPS) is 25.5. The number of imidazole rings is 1. The number of carbonyl (C=O) groups is 1. The van der Waals surface area contributed by atoms with Gasteiger partial charge in [-0.3, -0.25) is 0 Å². The van der Waals surface area contributed by atoms with Crippen LogP contribution in [0.4, 0.5) is 4.79 Å². The van der Waals surface area contributed by atoms with E-state index >= 15 is 0 Å². The Morgan fingerprint density at radius 2 is 2.12 bits per heavy atom. The zero-order valence-corrected chi connectivity index (χ0v) is 15.3. The summed E-state index contributed by atoms with van der Waals surface area (Å²) in [6.07, 6.45) is 12.0. The number of aromatic nitrogens is 2. The molecule has 0 aromatic carbocycles. The van der Waals surface area contributed by atoms with Crippen LogP contribution in [0.5, 0.6) is 0 Å². The number of nitrogens with one attached hydrogen (secondary N) is 2. The monoisotopic (exact) mass is 346 g/mol. The van der Waals surface area contributed by atoms with Crippen LogP contribution in [0.2, 0.25) is 0 Å². The van der Waals surface area contributed by atoms with Gasteiger partial charge in [-0.15, -0.1) is 0 Å². The molecule has 0 saturated carbocycles. The molecule has 1 unspecified atom stereocenters. The Labute approximate surface area is 150 Å². The Hall–Kier alpha value is -1.82. The van der Waals surface area contributed by atoms with Gasteiger partial charge in [-0.1, -0.05) is 19.1 Å². The number of rotatable bonds is 5. The Morgan fingerprint density at radius 3 is 2.84 bits per heavy atom. The van der Waals surface area contributed by atoms with Gasteiger partial charge in [0.25, 0.3) is 0 Å². The van der Waals surface area contributed by atoms with Gasteiger partial charge in [-0.2, -0.15) is 0 Å². The summed E-state index contributed by atoms with van der Waals surface area (Å²) < 4.78 is 7.62. The molecule has 3 atom stereocenters. The summed E-state index contributed by atoms with van der Waals surface area (Å²) in [5.41, 5.74) is 0. The molecule has 3 rings (SSSR count). The van der Waals surface area contributed by atoms with Gasteiger partial charge in [0.1, 0.15) is 5.82 Å². The highest BCUT2D eigenvalue weighted by atomic mass is 16.5. The highest BCUT2D eigenvalue weighted by molar-refractivity contribution is 5.74. The predicted molar refractivity (Wildman–Crippen MR) is 97.2 cm³/mol. The molecule has 0 radical (unpaired) electrons. The molecular weight excluding hydrogens is 316 g/mol. The van der Waals surface area contributed by atoms with E-state index < -0.39 is 0 Å². The van der Waals surface area contributed by atoms with Crippen molar-refractivity contribution in [3.63, 3.8) is 0 Å². The molecule has 0 bridgehead atoms. The first-order valence-corrected chi connectivity index (χ1v) is 9.49. The summed E-state index contributed by atoms with van der Waals surface area (Å²) in [6.45, 7) is 6.64. The standard InChI is InChI=1S/C19H30N4O2/c1-3-23-11-10-20-18(23)17(15-8-12-25-13-9-15)22-19(24)21-16-7-5-4-6-14(16)2/h4-5,10-11,14-17H,3,6-9,12-13H2,1-2H3,(H2,21,22,24)/t14-,16-,17?/m1/s1. The number of carbonyl (C=O) groups excluding carboxylic acids is 1. The SMILES string of the molecule is CCn1ccnc1C(NC(=O)N[C@@H]1CC=CC[C@H]1C)C1CCOCC1. The van der Waals surface area contributed by atoms with Crippen LogP contribution < -0.4 is 10.6 Å². The summed E-state index contributed by atoms with van der Waals surface area (Å²) in [6, 6.07) is 0.0360. The van der Waals surface area contributed by atoms with Gasteiger partial charge < -0.3 is 19.9 Å². The first-order valence-electron chi connectivity index (χ1n) is 9.49. The first kappa shape index (κ1) is 18.0. The lowest BCUT2D eigenvalue weighted by Crippen LogP contribution is -2.48. The Morgan fingerprint density at radius 1 is 1.36 bits per heavy atom. The molecule has 1 fully saturated rings. The van der Waals surface area contributed by atoms with Crippen LogP contribution in [0.3, 0.4) is 0 Å². The van der Waals surface area contributed by atoms with E-state index in [0.717, 1.165) is 51.3 Å². The lowest BCUT2D eigenvalue weighted by molar-refractivity contribution is 0.0532. The van der Waals surface area contributed by atoms with Gasteiger partial charge in [-0.25, -0.2) is 9.78 Å². The van der Waals surface area contributed by atoms with E-state index in [1.165, 1.54) is 0 Å². The third-order valence-electron chi connectivity index (χ3n) is 5.46. The molecule has 6 heteroatoms. The predicted octanol–water partition coefficient (Wildman–Crippen LogP) is 3.02. The number of urea groups is 1. The van der Waals surface area contributed by atoms with E-state index in [1.54, 1.807) is 0 Å². The van der Waals surface area contributed by atoms with Crippen LogP contribution in [0.25, 0.3) is 0 Å². The molecule has 1 aromatic heterocycles. The van der Waals surface area contributed by atoms with Crippen molar-refractivity contribution in [2.75, 3.05) is 13.2 Å². The number of amides is 2. The van der Waals surface area contributed by atoms with Gasteiger partial charge in [0.2, 0.25) is 0 Å². The average molecular weight is 346 g/mol. The minimum absolute atomic E-state index is 0.0757. The topological polar surface area (TPSA) is 68.2 Å². The summed E-state index contributed by atoms with van der Waals surface area (Å²) >= 11 is 0. The van der Waals surface area contributed by atoms with Gasteiger partial charge in [-0.05, 0) is 44.4 Å². The molecule has 1 aliphatic carbocycles. The number of allylic oxidation sites excluding steroid dienone is 1. The molecule has 138 valence electrons. The van der Waals surface area contributed by atoms with Crippen molar-refractivity contribution < 1.29 is 9.53 Å². The molecule has 2 amide bonds. The van der Waals surface area contributed by atoms with E-state index in [9.17, 15) is 4.79 Å². The highest BCUT2D eigenvalue weighted by Crippen LogP contribution is 2.29. The van der Waals surface area contributed by atoms with E-state index in [-0.39, 0.29) is 18.1 Å². The van der Waals surface area contributed by atoms with Crippen molar-refractivity contribution in [1.82, 2.24) is 20.2 Å². The zero-order chi connectivity index (χ0) is 17.6. The van der Waals surface area contributed by atoms with Crippen LogP contribution in [0.1, 0.15) is 51.4 Å². The Bertz CT molecular complexity index is 592. The fourth-order valence-electron chi connectivity index (χ4n) is 3.81.